The minimum absolute atomic E-state index is 0.0251. The van der Waals surface area contributed by atoms with E-state index >= 15 is 0 Å². The van der Waals surface area contributed by atoms with Crippen molar-refractivity contribution in [2.24, 2.45) is 0 Å². The Balaban J connectivity index is 1.57. The number of halogens is 3. The van der Waals surface area contributed by atoms with Gasteiger partial charge in [0, 0.05) is 18.2 Å². The van der Waals surface area contributed by atoms with Gasteiger partial charge in [0.15, 0.2) is 5.11 Å². The molecule has 2 heterocycles. The summed E-state index contributed by atoms with van der Waals surface area (Å²) in [4.78, 5) is 16.4. The number of aliphatic hydroxyl groups excluding tert-OH is 1. The molecule has 1 amide bonds. The minimum Gasteiger partial charge on any atom is -0.487 e. The monoisotopic (exact) mass is 473 g/mol. The molecule has 1 saturated heterocycles. The lowest BCUT2D eigenvalue weighted by Crippen LogP contribution is -2.55. The van der Waals surface area contributed by atoms with E-state index in [0.717, 1.165) is 29.0 Å². The molecular weight excluding hydrogens is 455 g/mol. The van der Waals surface area contributed by atoms with E-state index in [0.29, 0.717) is 30.7 Å². The van der Waals surface area contributed by atoms with Crippen molar-refractivity contribution in [2.45, 2.75) is 43.5 Å². The Kier molecular flexibility index (Phi) is 4.88. The Labute approximate surface area is 192 Å². The normalized spacial score (nSPS) is 21.1. The van der Waals surface area contributed by atoms with Gasteiger partial charge in [-0.15, -0.1) is 0 Å². The maximum absolute atomic E-state index is 13.5. The fourth-order valence-electron chi connectivity index (χ4n) is 4.74. The summed E-state index contributed by atoms with van der Waals surface area (Å²) in [5, 5.41) is 18.6. The van der Waals surface area contributed by atoms with E-state index in [1.54, 1.807) is 17.0 Å². The Morgan fingerprint density at radius 1 is 1.21 bits per heavy atom. The fraction of sp³-hybridized carbons (Fsp3) is 0.348. The number of ether oxygens (including phenoxy) is 1. The highest BCUT2D eigenvalue weighted by Crippen LogP contribution is 2.49. The zero-order chi connectivity index (χ0) is 23.5. The number of nitrogens with zero attached hydrogens (tertiary/aromatic N) is 3. The van der Waals surface area contributed by atoms with E-state index in [9.17, 15) is 23.1 Å². The molecule has 5 rings (SSSR count). The third kappa shape index (κ3) is 3.18. The van der Waals surface area contributed by atoms with Crippen LogP contribution in [-0.4, -0.2) is 34.4 Å². The first-order valence-electron chi connectivity index (χ1n) is 10.4. The topological polar surface area (TPSA) is 76.8 Å². The van der Waals surface area contributed by atoms with Crippen molar-refractivity contribution in [1.29, 1.82) is 5.26 Å². The number of benzene rings is 2. The maximum Gasteiger partial charge on any atom is 0.417 e. The molecule has 1 saturated carbocycles. The third-order valence-electron chi connectivity index (χ3n) is 6.53. The van der Waals surface area contributed by atoms with Gasteiger partial charge >= 0.3 is 6.18 Å². The molecule has 2 aliphatic heterocycles. The van der Waals surface area contributed by atoms with Gasteiger partial charge in [0.25, 0.3) is 5.91 Å². The van der Waals surface area contributed by atoms with Gasteiger partial charge in [-0.25, -0.2) is 0 Å². The summed E-state index contributed by atoms with van der Waals surface area (Å²) in [7, 11) is 0. The van der Waals surface area contributed by atoms with Crippen molar-refractivity contribution < 1.29 is 27.8 Å². The first-order valence-corrected chi connectivity index (χ1v) is 10.8. The number of carbonyl (C=O) groups excluding carboxylic acids is 1. The van der Waals surface area contributed by atoms with Crippen LogP contribution in [0.3, 0.4) is 0 Å². The number of carbonyl (C=O) groups is 1. The van der Waals surface area contributed by atoms with Crippen molar-refractivity contribution in [3.05, 3.63) is 53.1 Å². The summed E-state index contributed by atoms with van der Waals surface area (Å²) < 4.78 is 46.3. The molecule has 3 aliphatic rings. The summed E-state index contributed by atoms with van der Waals surface area (Å²) >= 11 is 5.63. The Morgan fingerprint density at radius 2 is 1.94 bits per heavy atom. The number of anilines is 2. The van der Waals surface area contributed by atoms with Crippen LogP contribution in [0.5, 0.6) is 5.75 Å². The Morgan fingerprint density at radius 3 is 2.55 bits per heavy atom. The number of nitriles is 1. The SMILES string of the molecule is N#Cc1ccc(N2C(=O)C3(CCC3)N(c3ccc4c(c3)OC(CO)C4)C2=S)cc1C(F)(F)F. The zero-order valence-electron chi connectivity index (χ0n) is 17.2. The quantitative estimate of drug-likeness (QED) is 0.681. The van der Waals surface area contributed by atoms with Gasteiger partial charge in [0.05, 0.1) is 29.5 Å². The van der Waals surface area contributed by atoms with Crippen LogP contribution in [0.1, 0.15) is 36.0 Å². The Hall–Kier alpha value is -3.16. The summed E-state index contributed by atoms with van der Waals surface area (Å²) in [6, 6.07) is 10.1. The molecular formula is C23H18F3N3O3S. The number of hydrogen-bond acceptors (Lipinski definition) is 5. The molecule has 0 aromatic heterocycles. The maximum atomic E-state index is 13.5. The molecule has 1 N–H and O–H groups in total. The van der Waals surface area contributed by atoms with E-state index in [4.69, 9.17) is 22.2 Å². The standard InChI is InChI=1S/C23H18F3N3O3S/c24-23(25,26)18-9-15(4-3-14(18)11-27)28-20(31)22(6-1-7-22)29(21(28)33)16-5-2-13-8-17(12-30)32-19(13)10-16/h2-5,9-10,17,30H,1,6-8,12H2. The molecule has 10 heteroatoms. The molecule has 6 nitrogen and oxygen atoms in total. The highest BCUT2D eigenvalue weighted by atomic mass is 32.1. The lowest BCUT2D eigenvalue weighted by atomic mass is 9.75. The van der Waals surface area contributed by atoms with E-state index in [1.807, 2.05) is 12.1 Å². The van der Waals surface area contributed by atoms with Crippen molar-refractivity contribution in [3.8, 4) is 11.8 Å². The first-order chi connectivity index (χ1) is 15.7. The smallest absolute Gasteiger partial charge is 0.417 e. The fourth-order valence-corrected chi connectivity index (χ4v) is 5.21. The summed E-state index contributed by atoms with van der Waals surface area (Å²) in [6.45, 7) is -0.122. The van der Waals surface area contributed by atoms with Crippen LogP contribution in [0.15, 0.2) is 36.4 Å². The average molecular weight is 473 g/mol. The van der Waals surface area contributed by atoms with E-state index < -0.39 is 22.8 Å². The summed E-state index contributed by atoms with van der Waals surface area (Å²) in [5.41, 5.74) is -1.09. The number of hydrogen-bond donors (Lipinski definition) is 1. The second-order valence-corrected chi connectivity index (χ2v) is 8.77. The summed E-state index contributed by atoms with van der Waals surface area (Å²) in [6.07, 6.45) is -2.70. The predicted molar refractivity (Wildman–Crippen MR) is 117 cm³/mol. The predicted octanol–water partition coefficient (Wildman–Crippen LogP) is 3.93. The molecule has 0 radical (unpaired) electrons. The van der Waals surface area contributed by atoms with Gasteiger partial charge in [0.1, 0.15) is 17.4 Å². The average Bonchev–Trinajstić information content (AvgIpc) is 3.27. The van der Waals surface area contributed by atoms with Crippen molar-refractivity contribution >= 4 is 34.6 Å². The van der Waals surface area contributed by atoms with Gasteiger partial charge in [-0.1, -0.05) is 6.07 Å². The lowest BCUT2D eigenvalue weighted by Gasteiger charge is -2.43. The molecule has 170 valence electrons. The molecule has 1 unspecified atom stereocenters. The van der Waals surface area contributed by atoms with Crippen molar-refractivity contribution in [3.63, 3.8) is 0 Å². The molecule has 2 aromatic carbocycles. The van der Waals surface area contributed by atoms with Gasteiger partial charge in [-0.3, -0.25) is 9.69 Å². The molecule has 1 aliphatic carbocycles. The first kappa shape index (κ1) is 21.7. The van der Waals surface area contributed by atoms with Crippen LogP contribution in [0.2, 0.25) is 0 Å². The number of amides is 1. The van der Waals surface area contributed by atoms with Gasteiger partial charge in [-0.2, -0.15) is 18.4 Å². The molecule has 1 spiro atoms. The van der Waals surface area contributed by atoms with Gasteiger partial charge in [0.2, 0.25) is 0 Å². The highest BCUT2D eigenvalue weighted by molar-refractivity contribution is 7.81. The Bertz CT molecular complexity index is 1220. The van der Waals surface area contributed by atoms with Crippen molar-refractivity contribution in [1.82, 2.24) is 0 Å². The third-order valence-corrected chi connectivity index (χ3v) is 6.90. The lowest BCUT2D eigenvalue weighted by molar-refractivity contribution is -0.137. The zero-order valence-corrected chi connectivity index (χ0v) is 18.0. The van der Waals surface area contributed by atoms with Crippen LogP contribution >= 0.6 is 12.2 Å². The number of aliphatic hydroxyl groups is 1. The molecule has 2 aromatic rings. The second-order valence-electron chi connectivity index (χ2n) is 8.40. The highest BCUT2D eigenvalue weighted by Gasteiger charge is 2.59. The number of fused-ring (bicyclic) bond motifs is 1. The van der Waals surface area contributed by atoms with Crippen LogP contribution in [0, 0.1) is 11.3 Å². The molecule has 2 fully saturated rings. The van der Waals surface area contributed by atoms with Crippen LogP contribution < -0.4 is 14.5 Å². The minimum atomic E-state index is -4.75. The van der Waals surface area contributed by atoms with Crippen LogP contribution in [0.4, 0.5) is 24.5 Å². The van der Waals surface area contributed by atoms with E-state index in [2.05, 4.69) is 0 Å². The van der Waals surface area contributed by atoms with Crippen LogP contribution in [-0.2, 0) is 17.4 Å². The molecule has 1 atom stereocenters. The van der Waals surface area contributed by atoms with E-state index in [1.165, 1.54) is 6.07 Å². The van der Waals surface area contributed by atoms with Gasteiger partial charge in [-0.05, 0) is 61.3 Å². The van der Waals surface area contributed by atoms with Crippen molar-refractivity contribution in [2.75, 3.05) is 16.4 Å². The number of alkyl halides is 3. The van der Waals surface area contributed by atoms with Gasteiger partial charge < -0.3 is 14.7 Å². The largest absolute Gasteiger partial charge is 0.487 e. The molecule has 33 heavy (non-hydrogen) atoms. The van der Waals surface area contributed by atoms with E-state index in [-0.39, 0.29) is 29.4 Å². The molecule has 0 bridgehead atoms. The summed E-state index contributed by atoms with van der Waals surface area (Å²) in [5.74, 6) is 0.207. The second kappa shape index (κ2) is 7.43. The van der Waals surface area contributed by atoms with Crippen LogP contribution in [0.25, 0.3) is 0 Å². The number of rotatable bonds is 3. The number of thiocarbonyl (C=S) groups is 1.